The standard InChI is InChI=1S/C23H26N2O5/c1-15(2)25(23(26)16-6-8-18(27-3)9-7-16)14-17-12-22(30-24-17)20-11-10-19(28-4)13-21(20)29-5/h6-13,15H,14H2,1-5H3. The fourth-order valence-corrected chi connectivity index (χ4v) is 3.08. The first-order valence-electron chi connectivity index (χ1n) is 9.59. The van der Waals surface area contributed by atoms with Crippen LogP contribution < -0.4 is 14.2 Å². The molecular weight excluding hydrogens is 384 g/mol. The maximum Gasteiger partial charge on any atom is 0.254 e. The minimum Gasteiger partial charge on any atom is -0.497 e. The summed E-state index contributed by atoms with van der Waals surface area (Å²) in [5, 5.41) is 4.16. The van der Waals surface area contributed by atoms with Crippen molar-refractivity contribution in [3.05, 3.63) is 59.8 Å². The van der Waals surface area contributed by atoms with Gasteiger partial charge < -0.3 is 23.6 Å². The number of aromatic nitrogens is 1. The van der Waals surface area contributed by atoms with Gasteiger partial charge in [0.25, 0.3) is 5.91 Å². The second-order valence-electron chi connectivity index (χ2n) is 7.00. The number of amides is 1. The number of methoxy groups -OCH3 is 3. The second-order valence-corrected chi connectivity index (χ2v) is 7.00. The summed E-state index contributed by atoms with van der Waals surface area (Å²) in [5.41, 5.74) is 2.00. The van der Waals surface area contributed by atoms with E-state index in [1.54, 1.807) is 56.6 Å². The van der Waals surface area contributed by atoms with Crippen LogP contribution in [-0.4, -0.2) is 43.3 Å². The molecule has 0 unspecified atom stereocenters. The van der Waals surface area contributed by atoms with Crippen LogP contribution in [0.3, 0.4) is 0 Å². The van der Waals surface area contributed by atoms with Crippen molar-refractivity contribution in [2.24, 2.45) is 0 Å². The Morgan fingerprint density at radius 3 is 2.23 bits per heavy atom. The summed E-state index contributed by atoms with van der Waals surface area (Å²) in [4.78, 5) is 14.8. The molecule has 3 aromatic rings. The maximum absolute atomic E-state index is 13.0. The summed E-state index contributed by atoms with van der Waals surface area (Å²) < 4.78 is 21.4. The van der Waals surface area contributed by atoms with E-state index in [1.807, 2.05) is 32.0 Å². The van der Waals surface area contributed by atoms with E-state index in [0.29, 0.717) is 40.8 Å². The van der Waals surface area contributed by atoms with Crippen LogP contribution in [0.4, 0.5) is 0 Å². The normalized spacial score (nSPS) is 10.7. The SMILES string of the molecule is COc1ccc(C(=O)N(Cc2cc(-c3ccc(OC)cc3OC)on2)C(C)C)cc1. The summed E-state index contributed by atoms with van der Waals surface area (Å²) in [6.07, 6.45) is 0. The largest absolute Gasteiger partial charge is 0.497 e. The van der Waals surface area contributed by atoms with E-state index >= 15 is 0 Å². The number of rotatable bonds is 8. The van der Waals surface area contributed by atoms with Gasteiger partial charge in [0.05, 0.1) is 33.4 Å². The molecule has 3 rings (SSSR count). The first-order chi connectivity index (χ1) is 14.5. The lowest BCUT2D eigenvalue weighted by atomic mass is 10.1. The van der Waals surface area contributed by atoms with Crippen molar-refractivity contribution < 1.29 is 23.5 Å². The molecule has 0 aliphatic rings. The molecule has 7 nitrogen and oxygen atoms in total. The number of hydrogen-bond donors (Lipinski definition) is 0. The van der Waals surface area contributed by atoms with Crippen molar-refractivity contribution in [1.29, 1.82) is 0 Å². The maximum atomic E-state index is 13.0. The Kier molecular flexibility index (Phi) is 6.61. The Morgan fingerprint density at radius 2 is 1.63 bits per heavy atom. The van der Waals surface area contributed by atoms with Gasteiger partial charge in [0.15, 0.2) is 5.76 Å². The first kappa shape index (κ1) is 21.2. The number of ether oxygens (including phenoxy) is 3. The third kappa shape index (κ3) is 4.56. The fourth-order valence-electron chi connectivity index (χ4n) is 3.08. The van der Waals surface area contributed by atoms with Crippen LogP contribution in [-0.2, 0) is 6.54 Å². The minimum atomic E-state index is -0.0840. The van der Waals surface area contributed by atoms with Crippen LogP contribution in [0.25, 0.3) is 11.3 Å². The number of benzene rings is 2. The summed E-state index contributed by atoms with van der Waals surface area (Å²) >= 11 is 0. The van der Waals surface area contributed by atoms with E-state index in [0.717, 1.165) is 5.56 Å². The zero-order chi connectivity index (χ0) is 21.7. The lowest BCUT2D eigenvalue weighted by molar-refractivity contribution is 0.0686. The fraction of sp³-hybridized carbons (Fsp3) is 0.304. The zero-order valence-electron chi connectivity index (χ0n) is 17.8. The molecule has 0 N–H and O–H groups in total. The third-order valence-electron chi connectivity index (χ3n) is 4.79. The highest BCUT2D eigenvalue weighted by Gasteiger charge is 2.22. The van der Waals surface area contributed by atoms with Crippen molar-refractivity contribution in [2.45, 2.75) is 26.4 Å². The van der Waals surface area contributed by atoms with Crippen molar-refractivity contribution in [2.75, 3.05) is 21.3 Å². The molecule has 158 valence electrons. The van der Waals surface area contributed by atoms with Crippen molar-refractivity contribution >= 4 is 5.91 Å². The lowest BCUT2D eigenvalue weighted by Crippen LogP contribution is -2.36. The Hall–Kier alpha value is -3.48. The monoisotopic (exact) mass is 410 g/mol. The van der Waals surface area contributed by atoms with Crippen LogP contribution in [0.5, 0.6) is 17.2 Å². The Labute approximate surface area is 176 Å². The highest BCUT2D eigenvalue weighted by Crippen LogP contribution is 2.33. The van der Waals surface area contributed by atoms with E-state index in [1.165, 1.54) is 0 Å². The van der Waals surface area contributed by atoms with Gasteiger partial charge in [0.2, 0.25) is 0 Å². The molecular formula is C23H26N2O5. The Morgan fingerprint density at radius 1 is 0.967 bits per heavy atom. The third-order valence-corrected chi connectivity index (χ3v) is 4.79. The Balaban J connectivity index is 1.82. The molecule has 0 aliphatic heterocycles. The van der Waals surface area contributed by atoms with E-state index in [9.17, 15) is 4.79 Å². The van der Waals surface area contributed by atoms with Gasteiger partial charge in [0, 0.05) is 23.7 Å². The molecule has 0 saturated carbocycles. The molecule has 0 bridgehead atoms. The summed E-state index contributed by atoms with van der Waals surface area (Å²) in [6.45, 7) is 4.26. The first-order valence-corrected chi connectivity index (χ1v) is 9.59. The van der Waals surface area contributed by atoms with Crippen molar-refractivity contribution in [3.63, 3.8) is 0 Å². The molecule has 0 spiro atoms. The van der Waals surface area contributed by atoms with E-state index < -0.39 is 0 Å². The minimum absolute atomic E-state index is 0.0183. The molecule has 30 heavy (non-hydrogen) atoms. The van der Waals surface area contributed by atoms with Gasteiger partial charge >= 0.3 is 0 Å². The summed E-state index contributed by atoms with van der Waals surface area (Å²) in [5.74, 6) is 2.49. The number of carbonyl (C=O) groups is 1. The molecule has 1 heterocycles. The van der Waals surface area contributed by atoms with Crippen LogP contribution in [0, 0.1) is 0 Å². The average molecular weight is 410 g/mol. The molecule has 1 amide bonds. The van der Waals surface area contributed by atoms with Crippen molar-refractivity contribution in [1.82, 2.24) is 10.1 Å². The zero-order valence-corrected chi connectivity index (χ0v) is 17.8. The second kappa shape index (κ2) is 9.35. The van der Waals surface area contributed by atoms with Gasteiger partial charge in [-0.15, -0.1) is 0 Å². The van der Waals surface area contributed by atoms with Gasteiger partial charge in [-0.2, -0.15) is 0 Å². The highest BCUT2D eigenvalue weighted by atomic mass is 16.5. The molecule has 0 radical (unpaired) electrons. The van der Waals surface area contributed by atoms with Gasteiger partial charge in [-0.25, -0.2) is 0 Å². The van der Waals surface area contributed by atoms with Crippen LogP contribution in [0.1, 0.15) is 29.9 Å². The predicted octanol–water partition coefficient (Wildman–Crippen LogP) is 4.42. The molecule has 2 aromatic carbocycles. The molecule has 0 saturated heterocycles. The lowest BCUT2D eigenvalue weighted by Gasteiger charge is -2.26. The molecule has 0 fully saturated rings. The highest BCUT2D eigenvalue weighted by molar-refractivity contribution is 5.94. The number of carbonyl (C=O) groups excluding carboxylic acids is 1. The molecule has 0 atom stereocenters. The molecule has 7 heteroatoms. The van der Waals surface area contributed by atoms with Gasteiger partial charge in [-0.1, -0.05) is 5.16 Å². The average Bonchev–Trinajstić information content (AvgIpc) is 3.24. The van der Waals surface area contributed by atoms with Gasteiger partial charge in [0.1, 0.15) is 22.9 Å². The Bertz CT molecular complexity index is 995. The van der Waals surface area contributed by atoms with E-state index in [4.69, 9.17) is 18.7 Å². The smallest absolute Gasteiger partial charge is 0.254 e. The molecule has 1 aromatic heterocycles. The van der Waals surface area contributed by atoms with Crippen LogP contribution in [0.2, 0.25) is 0 Å². The summed E-state index contributed by atoms with van der Waals surface area (Å²) in [7, 11) is 4.78. The van der Waals surface area contributed by atoms with Gasteiger partial charge in [-0.3, -0.25) is 4.79 Å². The summed E-state index contributed by atoms with van der Waals surface area (Å²) in [6, 6.07) is 14.3. The van der Waals surface area contributed by atoms with E-state index in [-0.39, 0.29) is 11.9 Å². The number of nitrogens with zero attached hydrogens (tertiary/aromatic N) is 2. The number of hydrogen-bond acceptors (Lipinski definition) is 6. The van der Waals surface area contributed by atoms with Crippen LogP contribution >= 0.6 is 0 Å². The van der Waals surface area contributed by atoms with Gasteiger partial charge in [-0.05, 0) is 50.2 Å². The quantitative estimate of drug-likeness (QED) is 0.547. The predicted molar refractivity (Wildman–Crippen MR) is 113 cm³/mol. The van der Waals surface area contributed by atoms with E-state index in [2.05, 4.69) is 5.16 Å². The molecule has 0 aliphatic carbocycles. The van der Waals surface area contributed by atoms with Crippen LogP contribution in [0.15, 0.2) is 53.1 Å². The topological polar surface area (TPSA) is 74.0 Å². The van der Waals surface area contributed by atoms with Crippen molar-refractivity contribution in [3.8, 4) is 28.6 Å².